The van der Waals surface area contributed by atoms with E-state index in [-0.39, 0.29) is 11.3 Å². The number of ether oxygens (including phenoxy) is 2. The van der Waals surface area contributed by atoms with E-state index in [1.54, 1.807) is 0 Å². The Morgan fingerprint density at radius 1 is 1.33 bits per heavy atom. The molecule has 0 aromatic heterocycles. The van der Waals surface area contributed by atoms with Crippen LogP contribution in [0, 0.1) is 10.1 Å². The van der Waals surface area contributed by atoms with Crippen molar-refractivity contribution >= 4 is 22.1 Å². The lowest BCUT2D eigenvalue weighted by atomic mass is 10.1. The van der Waals surface area contributed by atoms with Gasteiger partial charge in [-0.2, -0.15) is 13.1 Å². The van der Waals surface area contributed by atoms with Gasteiger partial charge in [0.05, 0.1) is 17.6 Å². The van der Waals surface area contributed by atoms with Crippen LogP contribution < -0.4 is 4.72 Å². The molecule has 0 radical (unpaired) electrons. The number of hydrogen-bond donors (Lipinski definition) is 1. The van der Waals surface area contributed by atoms with Gasteiger partial charge in [-0.1, -0.05) is 12.1 Å². The van der Waals surface area contributed by atoms with Gasteiger partial charge in [0.25, 0.3) is 5.69 Å². The minimum atomic E-state index is -4.18. The number of nitro groups is 1. The smallest absolute Gasteiger partial charge is 0.420 e. The molecule has 0 spiro atoms. The average Bonchev–Trinajstić information content (AvgIpc) is 2.78. The van der Waals surface area contributed by atoms with Gasteiger partial charge in [0, 0.05) is 6.07 Å². The molecule has 2 rings (SSSR count). The largest absolute Gasteiger partial charge is 0.510 e. The van der Waals surface area contributed by atoms with Crippen molar-refractivity contribution in [2.45, 2.75) is 12.3 Å². The maximum Gasteiger partial charge on any atom is 0.510 e. The number of nitrogens with zero attached hydrogens (tertiary/aromatic N) is 1. The van der Waals surface area contributed by atoms with Crippen molar-refractivity contribution in [1.82, 2.24) is 4.72 Å². The molecule has 0 amide bonds. The van der Waals surface area contributed by atoms with E-state index in [0.717, 1.165) is 7.11 Å². The van der Waals surface area contributed by atoms with E-state index in [2.05, 4.69) is 8.92 Å². The second kappa shape index (κ2) is 5.63. The zero-order chi connectivity index (χ0) is 15.6. The van der Waals surface area contributed by atoms with E-state index >= 15 is 0 Å². The van der Waals surface area contributed by atoms with E-state index in [1.807, 2.05) is 4.72 Å². The molecular formula is C10H10N2O8S. The molecule has 11 heteroatoms. The molecule has 1 saturated heterocycles. The van der Waals surface area contributed by atoms with Crippen molar-refractivity contribution in [3.05, 3.63) is 39.9 Å². The van der Waals surface area contributed by atoms with Crippen LogP contribution in [0.4, 0.5) is 10.5 Å². The minimum Gasteiger partial charge on any atom is -0.420 e. The highest BCUT2D eigenvalue weighted by atomic mass is 32.2. The Balaban J connectivity index is 2.37. The summed E-state index contributed by atoms with van der Waals surface area (Å²) in [5.41, 5.74) is -0.334. The molecule has 0 bridgehead atoms. The van der Waals surface area contributed by atoms with Gasteiger partial charge in [0.1, 0.15) is 0 Å². The molecule has 1 fully saturated rings. The average molecular weight is 318 g/mol. The van der Waals surface area contributed by atoms with Gasteiger partial charge in [-0.05, 0) is 6.07 Å². The number of nitrogens with one attached hydrogen (secondary N) is 1. The van der Waals surface area contributed by atoms with Crippen molar-refractivity contribution in [3.63, 3.8) is 0 Å². The van der Waals surface area contributed by atoms with Crippen LogP contribution in [0.3, 0.4) is 0 Å². The maximum absolute atomic E-state index is 11.3. The van der Waals surface area contributed by atoms with Crippen LogP contribution in [-0.2, 0) is 24.0 Å². The molecule has 1 aromatic rings. The molecule has 1 aromatic carbocycles. The first-order valence-electron chi connectivity index (χ1n) is 5.52. The minimum absolute atomic E-state index is 0.00264. The second-order valence-electron chi connectivity index (χ2n) is 3.88. The van der Waals surface area contributed by atoms with Gasteiger partial charge >= 0.3 is 16.5 Å². The van der Waals surface area contributed by atoms with Crippen molar-refractivity contribution < 1.29 is 31.8 Å². The molecule has 1 aliphatic heterocycles. The van der Waals surface area contributed by atoms with Gasteiger partial charge < -0.3 is 9.47 Å². The molecule has 114 valence electrons. The summed E-state index contributed by atoms with van der Waals surface area (Å²) < 4.78 is 38.2. The Labute approximate surface area is 119 Å². The van der Waals surface area contributed by atoms with Crippen molar-refractivity contribution in [2.24, 2.45) is 0 Å². The molecule has 0 aliphatic carbocycles. The van der Waals surface area contributed by atoms with Crippen LogP contribution in [0.15, 0.2) is 24.3 Å². The summed E-state index contributed by atoms with van der Waals surface area (Å²) in [6, 6.07) is 5.44. The molecule has 2 atom stereocenters. The van der Waals surface area contributed by atoms with Crippen LogP contribution in [0.25, 0.3) is 0 Å². The number of rotatable bonds is 5. The highest BCUT2D eigenvalue weighted by molar-refractivity contribution is 7.84. The normalized spacial score (nSPS) is 21.7. The lowest BCUT2D eigenvalue weighted by Gasteiger charge is -2.16. The summed E-state index contributed by atoms with van der Waals surface area (Å²) in [6.07, 6.45) is -3.92. The molecule has 1 N–H and O–H groups in total. The maximum atomic E-state index is 11.3. The summed E-state index contributed by atoms with van der Waals surface area (Å²) >= 11 is 0. The monoisotopic (exact) mass is 318 g/mol. The van der Waals surface area contributed by atoms with E-state index in [1.165, 1.54) is 24.3 Å². The van der Waals surface area contributed by atoms with Crippen LogP contribution in [0.2, 0.25) is 0 Å². The SMILES string of the molecule is COS(=O)(=O)N[C@H]1OC(=O)O[C@H]1c1ccccc1[N+](=O)[O-]. The first kappa shape index (κ1) is 15.2. The fourth-order valence-corrected chi connectivity index (χ4v) is 2.31. The topological polar surface area (TPSA) is 134 Å². The zero-order valence-corrected chi connectivity index (χ0v) is 11.4. The number of cyclic esters (lactones) is 2. The molecule has 1 aliphatic rings. The number of carbonyl (C=O) groups excluding carboxylic acids is 1. The predicted molar refractivity (Wildman–Crippen MR) is 66.3 cm³/mol. The van der Waals surface area contributed by atoms with Crippen LogP contribution >= 0.6 is 0 Å². The lowest BCUT2D eigenvalue weighted by Crippen LogP contribution is -2.38. The number of hydrogen-bond acceptors (Lipinski definition) is 8. The Hall–Kier alpha value is -2.24. The summed E-state index contributed by atoms with van der Waals surface area (Å²) in [4.78, 5) is 21.5. The number of benzene rings is 1. The van der Waals surface area contributed by atoms with Crippen LogP contribution in [0.1, 0.15) is 11.7 Å². The third kappa shape index (κ3) is 3.26. The quantitative estimate of drug-likeness (QED) is 0.474. The van der Waals surface area contributed by atoms with Crippen molar-refractivity contribution in [1.29, 1.82) is 0 Å². The standard InChI is InChI=1S/C10H10N2O8S/c1-18-21(16,17)11-9-8(19-10(13)20-9)6-4-2-3-5-7(6)12(14)15/h2-5,8-9,11H,1H3/t8-,9-/m0/s1. The fraction of sp³-hybridized carbons (Fsp3) is 0.300. The summed E-state index contributed by atoms with van der Waals surface area (Å²) in [5, 5.41) is 11.0. The van der Waals surface area contributed by atoms with E-state index < -0.39 is 33.7 Å². The van der Waals surface area contributed by atoms with E-state index in [0.29, 0.717) is 0 Å². The van der Waals surface area contributed by atoms with E-state index in [9.17, 15) is 23.3 Å². The van der Waals surface area contributed by atoms with Gasteiger partial charge in [0.2, 0.25) is 6.23 Å². The third-order valence-corrected chi connectivity index (χ3v) is 3.60. The fourth-order valence-electron chi connectivity index (χ4n) is 1.76. The molecule has 21 heavy (non-hydrogen) atoms. The first-order valence-corrected chi connectivity index (χ1v) is 6.93. The second-order valence-corrected chi connectivity index (χ2v) is 5.36. The van der Waals surface area contributed by atoms with Gasteiger partial charge in [0.15, 0.2) is 6.10 Å². The highest BCUT2D eigenvalue weighted by Gasteiger charge is 2.43. The molecule has 10 nitrogen and oxygen atoms in total. The van der Waals surface area contributed by atoms with Crippen LogP contribution in [0.5, 0.6) is 0 Å². The third-order valence-electron chi connectivity index (χ3n) is 2.64. The Morgan fingerprint density at radius 2 is 2.00 bits per heavy atom. The van der Waals surface area contributed by atoms with Crippen LogP contribution in [-0.4, -0.2) is 32.8 Å². The Kier molecular flexibility index (Phi) is 4.06. The van der Waals surface area contributed by atoms with Crippen molar-refractivity contribution in [2.75, 3.05) is 7.11 Å². The number of carbonyl (C=O) groups is 1. The van der Waals surface area contributed by atoms with Gasteiger partial charge in [-0.3, -0.25) is 14.3 Å². The highest BCUT2D eigenvalue weighted by Crippen LogP contribution is 2.34. The molecular weight excluding hydrogens is 308 g/mol. The first-order chi connectivity index (χ1) is 9.84. The predicted octanol–water partition coefficient (Wildman–Crippen LogP) is 0.610. The lowest BCUT2D eigenvalue weighted by molar-refractivity contribution is -0.386. The summed E-state index contributed by atoms with van der Waals surface area (Å²) in [5.74, 6) is 0. The summed E-state index contributed by atoms with van der Waals surface area (Å²) in [6.45, 7) is 0. The number of para-hydroxylation sites is 1. The molecule has 0 saturated carbocycles. The molecule has 0 unspecified atom stereocenters. The molecule has 1 heterocycles. The number of nitro benzene ring substituents is 1. The van der Waals surface area contributed by atoms with Gasteiger partial charge in [-0.25, -0.2) is 4.79 Å². The van der Waals surface area contributed by atoms with Crippen molar-refractivity contribution in [3.8, 4) is 0 Å². The van der Waals surface area contributed by atoms with Gasteiger partial charge in [-0.15, -0.1) is 0 Å². The van der Waals surface area contributed by atoms with E-state index in [4.69, 9.17) is 4.74 Å². The Bertz CT molecular complexity index is 673. The Morgan fingerprint density at radius 3 is 2.62 bits per heavy atom. The summed E-state index contributed by atoms with van der Waals surface area (Å²) in [7, 11) is -3.27. The zero-order valence-electron chi connectivity index (χ0n) is 10.6.